The molecule has 0 atom stereocenters. The van der Waals surface area contributed by atoms with Crippen LogP contribution in [-0.4, -0.2) is 42.9 Å². The molecule has 1 aliphatic heterocycles. The van der Waals surface area contributed by atoms with E-state index < -0.39 is 34.8 Å². The molecule has 0 bridgehead atoms. The van der Waals surface area contributed by atoms with E-state index in [4.69, 9.17) is 25.1 Å². The number of aliphatic hydroxyl groups is 1. The Bertz CT molecular complexity index is 1000. The number of rotatable bonds is 8. The maximum Gasteiger partial charge on any atom is 0.419 e. The molecule has 12 heteroatoms. The average Bonchev–Trinajstić information content (AvgIpc) is 2.83. The Morgan fingerprint density at radius 1 is 0.897 bits per heavy atom. The summed E-state index contributed by atoms with van der Waals surface area (Å²) in [5.41, 5.74) is 6.80. The van der Waals surface area contributed by atoms with Gasteiger partial charge in [-0.25, -0.2) is 0 Å². The van der Waals surface area contributed by atoms with Gasteiger partial charge in [-0.05, 0) is 75.4 Å². The van der Waals surface area contributed by atoms with Crippen LogP contribution in [0.4, 0.5) is 26.3 Å². The Morgan fingerprint density at radius 2 is 1.44 bits per heavy atom. The van der Waals surface area contributed by atoms with Crippen LogP contribution in [0.1, 0.15) is 55.9 Å². The minimum atomic E-state index is -4.63. The fraction of sp³-hybridized carbons (Fsp3) is 0.556. The Kier molecular flexibility index (Phi) is 13.9. The zero-order valence-corrected chi connectivity index (χ0v) is 25.1. The van der Waals surface area contributed by atoms with Crippen molar-refractivity contribution in [1.29, 1.82) is 0 Å². The summed E-state index contributed by atoms with van der Waals surface area (Å²) in [6.45, 7) is 5.65. The van der Waals surface area contributed by atoms with E-state index in [0.29, 0.717) is 24.0 Å². The maximum absolute atomic E-state index is 13.6. The summed E-state index contributed by atoms with van der Waals surface area (Å²) in [4.78, 5) is 0. The van der Waals surface area contributed by atoms with Crippen molar-refractivity contribution in [3.05, 3.63) is 70.5 Å². The molecule has 3 rings (SSSR count). The van der Waals surface area contributed by atoms with Crippen molar-refractivity contribution in [3.8, 4) is 5.75 Å². The number of aliphatic hydroxyl groups excluding tert-OH is 1. The molecule has 0 aliphatic carbocycles. The molecule has 1 radical (unpaired) electrons. The molecular weight excluding hydrogens is 605 g/mol. The molecule has 0 aromatic heterocycles. The summed E-state index contributed by atoms with van der Waals surface area (Å²) in [6, 6.07) is 8.49. The van der Waals surface area contributed by atoms with E-state index >= 15 is 0 Å². The van der Waals surface area contributed by atoms with Crippen LogP contribution in [-0.2, 0) is 67.4 Å². The SMILES string of the molecule is CC1(C)OCC([NH-])(CCc2ccc(OCCCc3ccc(C(F)(F)F)cc3)c(C(F)(F)F)c2)CO1.CCO.[Y]. The molecule has 1 saturated heterocycles. The van der Waals surface area contributed by atoms with Gasteiger partial charge in [-0.2, -0.15) is 26.3 Å². The van der Waals surface area contributed by atoms with Gasteiger partial charge >= 0.3 is 12.4 Å². The molecule has 1 heterocycles. The zero-order chi connectivity index (χ0) is 28.6. The van der Waals surface area contributed by atoms with Crippen LogP contribution in [0, 0.1) is 0 Å². The van der Waals surface area contributed by atoms with Crippen LogP contribution >= 0.6 is 0 Å². The zero-order valence-electron chi connectivity index (χ0n) is 22.2. The molecule has 2 N–H and O–H groups in total. The summed E-state index contributed by atoms with van der Waals surface area (Å²) >= 11 is 0. The van der Waals surface area contributed by atoms with Crippen molar-refractivity contribution >= 4 is 0 Å². The Hall–Kier alpha value is -1.24. The van der Waals surface area contributed by atoms with Gasteiger partial charge in [0.15, 0.2) is 5.79 Å². The number of aryl methyl sites for hydroxylation is 2. The van der Waals surface area contributed by atoms with Crippen molar-refractivity contribution < 1.29 is 78.4 Å². The molecule has 0 spiro atoms. The van der Waals surface area contributed by atoms with E-state index in [-0.39, 0.29) is 77.7 Å². The molecule has 1 aliphatic rings. The summed E-state index contributed by atoms with van der Waals surface area (Å²) in [7, 11) is 0. The largest absolute Gasteiger partial charge is 0.668 e. The Balaban J connectivity index is 0.00000181. The molecule has 5 nitrogen and oxygen atoms in total. The second kappa shape index (κ2) is 15.1. The van der Waals surface area contributed by atoms with Gasteiger partial charge < -0.3 is 25.1 Å². The molecule has 1 fully saturated rings. The van der Waals surface area contributed by atoms with Crippen LogP contribution in [0.3, 0.4) is 0 Å². The predicted octanol–water partition coefficient (Wildman–Crippen LogP) is 7.24. The number of benzene rings is 2. The molecule has 39 heavy (non-hydrogen) atoms. The predicted molar refractivity (Wildman–Crippen MR) is 131 cm³/mol. The third-order valence-electron chi connectivity index (χ3n) is 5.78. The van der Waals surface area contributed by atoms with Crippen molar-refractivity contribution in [2.45, 2.75) is 70.1 Å². The smallest absolute Gasteiger partial charge is 0.419 e. The van der Waals surface area contributed by atoms with Gasteiger partial charge in [-0.1, -0.05) is 30.2 Å². The van der Waals surface area contributed by atoms with Crippen LogP contribution in [0.2, 0.25) is 0 Å². The Morgan fingerprint density at radius 3 is 1.95 bits per heavy atom. The van der Waals surface area contributed by atoms with Crippen molar-refractivity contribution in [1.82, 2.24) is 0 Å². The van der Waals surface area contributed by atoms with Gasteiger partial charge in [0.1, 0.15) is 5.75 Å². The summed E-state index contributed by atoms with van der Waals surface area (Å²) in [5, 5.41) is 7.57. The molecule has 217 valence electrons. The molecule has 2 aromatic rings. The van der Waals surface area contributed by atoms with Crippen molar-refractivity contribution in [2.24, 2.45) is 0 Å². The molecular formula is C27H34F6NO4Y-. The van der Waals surface area contributed by atoms with Crippen LogP contribution in [0.25, 0.3) is 5.73 Å². The standard InChI is InChI=1S/C25H28F6NO3.C2H6O.Y/c1-22(2)34-15-23(32,16-35-22)12-11-18-7-10-21(20(14-18)25(29,30)31)33-13-3-4-17-5-8-19(9-6-17)24(26,27)28;1-2-3;/h5-10,14,32H,3-4,11-13,15-16H2,1-2H3;3H,2H2,1H3;/q-1;;. The molecule has 0 saturated carbocycles. The van der Waals surface area contributed by atoms with E-state index in [1.54, 1.807) is 20.8 Å². The third-order valence-corrected chi connectivity index (χ3v) is 5.78. The topological polar surface area (TPSA) is 71.7 Å². The minimum absolute atomic E-state index is 0. The number of hydrogen-bond acceptors (Lipinski definition) is 4. The van der Waals surface area contributed by atoms with E-state index in [1.165, 1.54) is 24.3 Å². The first kappa shape index (κ1) is 35.8. The molecule has 2 aromatic carbocycles. The van der Waals surface area contributed by atoms with Crippen LogP contribution < -0.4 is 4.74 Å². The van der Waals surface area contributed by atoms with Gasteiger partial charge in [0, 0.05) is 52.5 Å². The van der Waals surface area contributed by atoms with Crippen LogP contribution in [0.5, 0.6) is 5.75 Å². The van der Waals surface area contributed by atoms with E-state index in [1.807, 2.05) is 0 Å². The number of hydrogen-bond donors (Lipinski definition) is 1. The first-order chi connectivity index (χ1) is 17.6. The minimum Gasteiger partial charge on any atom is -0.668 e. The van der Waals surface area contributed by atoms with Gasteiger partial charge in [0.25, 0.3) is 0 Å². The van der Waals surface area contributed by atoms with Gasteiger partial charge in [-0.3, -0.25) is 0 Å². The molecule has 0 amide bonds. The van der Waals surface area contributed by atoms with E-state index in [0.717, 1.165) is 18.2 Å². The average molecular weight is 639 g/mol. The quantitative estimate of drug-likeness (QED) is 0.244. The number of halogens is 6. The first-order valence-corrected chi connectivity index (χ1v) is 12.2. The van der Waals surface area contributed by atoms with Crippen molar-refractivity contribution in [2.75, 3.05) is 26.4 Å². The fourth-order valence-electron chi connectivity index (χ4n) is 3.63. The van der Waals surface area contributed by atoms with Gasteiger partial charge in [0.05, 0.1) is 17.7 Å². The normalized spacial score (nSPS) is 16.5. The number of ether oxygens (including phenoxy) is 3. The van der Waals surface area contributed by atoms with Crippen LogP contribution in [0.15, 0.2) is 42.5 Å². The maximum atomic E-state index is 13.6. The second-order valence-corrected chi connectivity index (χ2v) is 9.55. The van der Waals surface area contributed by atoms with E-state index in [9.17, 15) is 26.3 Å². The van der Waals surface area contributed by atoms with Gasteiger partial charge in [-0.15, -0.1) is 0 Å². The second-order valence-electron chi connectivity index (χ2n) is 9.55. The fourth-order valence-corrected chi connectivity index (χ4v) is 3.63. The number of alkyl halides is 6. The molecule has 0 unspecified atom stereocenters. The van der Waals surface area contributed by atoms with Gasteiger partial charge in [0.2, 0.25) is 0 Å². The summed E-state index contributed by atoms with van der Waals surface area (Å²) in [6.07, 6.45) is -7.83. The number of nitrogens with one attached hydrogen (secondary N) is 1. The van der Waals surface area contributed by atoms with E-state index in [2.05, 4.69) is 0 Å². The van der Waals surface area contributed by atoms with Crippen molar-refractivity contribution in [3.63, 3.8) is 0 Å². The third kappa shape index (κ3) is 12.0. The summed E-state index contributed by atoms with van der Waals surface area (Å²) < 4.78 is 95.2. The summed E-state index contributed by atoms with van der Waals surface area (Å²) in [5.74, 6) is -1.08. The monoisotopic (exact) mass is 639 g/mol. The Labute approximate surface area is 250 Å². The first-order valence-electron chi connectivity index (χ1n) is 12.2.